The van der Waals surface area contributed by atoms with E-state index < -0.39 is 0 Å². The van der Waals surface area contributed by atoms with Gasteiger partial charge in [0.1, 0.15) is 0 Å². The van der Waals surface area contributed by atoms with Crippen LogP contribution in [0.1, 0.15) is 81.6 Å². The molecule has 26 heavy (non-hydrogen) atoms. The molecule has 0 aromatic carbocycles. The van der Waals surface area contributed by atoms with E-state index in [9.17, 15) is 4.79 Å². The predicted octanol–water partition coefficient (Wildman–Crippen LogP) is 4.40. The van der Waals surface area contributed by atoms with Crippen molar-refractivity contribution in [2.45, 2.75) is 93.7 Å². The second kappa shape index (κ2) is 12.7. The molecule has 1 unspecified atom stereocenters. The van der Waals surface area contributed by atoms with Gasteiger partial charge in [-0.25, -0.2) is 0 Å². The van der Waals surface area contributed by atoms with E-state index in [1.807, 2.05) is 0 Å². The number of rotatable bonds is 13. The molecule has 1 N–H and O–H groups in total. The van der Waals surface area contributed by atoms with Crippen LogP contribution in [0.15, 0.2) is 0 Å². The number of carbonyl (C=O) groups is 1. The van der Waals surface area contributed by atoms with Gasteiger partial charge in [0.2, 0.25) is 5.91 Å². The average Bonchev–Trinajstić information content (AvgIpc) is 2.49. The van der Waals surface area contributed by atoms with Crippen molar-refractivity contribution in [1.82, 2.24) is 15.1 Å². The van der Waals surface area contributed by atoms with Gasteiger partial charge in [0, 0.05) is 44.7 Å². The number of carbonyl (C=O) groups excluding carboxylic acids is 1. The van der Waals surface area contributed by atoms with Gasteiger partial charge in [0.05, 0.1) is 0 Å². The SMILES string of the molecule is CCCN(CCN(CCC(=O)NCC(C)CC(C)(C)C)C(C)C)C(C)C. The van der Waals surface area contributed by atoms with Crippen LogP contribution in [0, 0.1) is 11.3 Å². The van der Waals surface area contributed by atoms with Crippen LogP contribution in [0.25, 0.3) is 0 Å². The van der Waals surface area contributed by atoms with Gasteiger partial charge in [-0.15, -0.1) is 0 Å². The maximum absolute atomic E-state index is 12.2. The third-order valence-corrected chi connectivity index (χ3v) is 4.88. The zero-order valence-corrected chi connectivity index (χ0v) is 19.2. The Balaban J connectivity index is 4.28. The maximum Gasteiger partial charge on any atom is 0.221 e. The Labute approximate surface area is 164 Å². The molecule has 0 aliphatic heterocycles. The fraction of sp³-hybridized carbons (Fsp3) is 0.955. The zero-order valence-electron chi connectivity index (χ0n) is 19.2. The highest BCUT2D eigenvalue weighted by molar-refractivity contribution is 5.76. The van der Waals surface area contributed by atoms with Crippen LogP contribution in [-0.2, 0) is 4.79 Å². The second-order valence-electron chi connectivity index (χ2n) is 9.68. The summed E-state index contributed by atoms with van der Waals surface area (Å²) >= 11 is 0. The highest BCUT2D eigenvalue weighted by Gasteiger charge is 2.17. The van der Waals surface area contributed by atoms with E-state index in [1.165, 1.54) is 6.42 Å². The van der Waals surface area contributed by atoms with Crippen molar-refractivity contribution in [3.63, 3.8) is 0 Å². The first-order valence-corrected chi connectivity index (χ1v) is 10.7. The molecule has 0 aliphatic rings. The van der Waals surface area contributed by atoms with E-state index in [1.54, 1.807) is 0 Å². The number of hydrogen-bond donors (Lipinski definition) is 1. The largest absolute Gasteiger partial charge is 0.356 e. The van der Waals surface area contributed by atoms with E-state index in [-0.39, 0.29) is 5.91 Å². The molecule has 0 aliphatic carbocycles. The lowest BCUT2D eigenvalue weighted by Gasteiger charge is -2.32. The van der Waals surface area contributed by atoms with Gasteiger partial charge in [0.15, 0.2) is 0 Å². The topological polar surface area (TPSA) is 35.6 Å². The molecule has 0 aromatic heterocycles. The minimum Gasteiger partial charge on any atom is -0.356 e. The minimum atomic E-state index is 0.186. The Morgan fingerprint density at radius 3 is 1.81 bits per heavy atom. The summed E-state index contributed by atoms with van der Waals surface area (Å²) in [7, 11) is 0. The molecule has 0 radical (unpaired) electrons. The molecule has 0 fully saturated rings. The Bertz CT molecular complexity index is 374. The van der Waals surface area contributed by atoms with Crippen molar-refractivity contribution in [1.29, 1.82) is 0 Å². The monoisotopic (exact) mass is 369 g/mol. The number of nitrogens with one attached hydrogen (secondary N) is 1. The maximum atomic E-state index is 12.2. The van der Waals surface area contributed by atoms with E-state index >= 15 is 0 Å². The van der Waals surface area contributed by atoms with E-state index in [0.717, 1.165) is 39.1 Å². The van der Waals surface area contributed by atoms with Gasteiger partial charge >= 0.3 is 0 Å². The Morgan fingerprint density at radius 2 is 1.38 bits per heavy atom. The minimum absolute atomic E-state index is 0.186. The second-order valence-corrected chi connectivity index (χ2v) is 9.68. The summed E-state index contributed by atoms with van der Waals surface area (Å²) in [5, 5.41) is 3.13. The summed E-state index contributed by atoms with van der Waals surface area (Å²) in [6.07, 6.45) is 2.92. The standard InChI is InChI=1S/C22H47N3O/c1-10-12-24(18(2)3)14-15-25(19(4)5)13-11-21(26)23-17-20(6)16-22(7,8)9/h18-20H,10-17H2,1-9H3,(H,23,26). The third-order valence-electron chi connectivity index (χ3n) is 4.88. The summed E-state index contributed by atoms with van der Waals surface area (Å²) < 4.78 is 0. The van der Waals surface area contributed by atoms with Crippen molar-refractivity contribution < 1.29 is 4.79 Å². The van der Waals surface area contributed by atoms with Gasteiger partial charge < -0.3 is 5.32 Å². The van der Waals surface area contributed by atoms with E-state index in [0.29, 0.717) is 29.8 Å². The molecule has 156 valence electrons. The fourth-order valence-electron chi connectivity index (χ4n) is 3.54. The molecule has 0 spiro atoms. The smallest absolute Gasteiger partial charge is 0.221 e. The Morgan fingerprint density at radius 1 is 0.885 bits per heavy atom. The molecule has 0 saturated heterocycles. The lowest BCUT2D eigenvalue weighted by atomic mass is 9.85. The highest BCUT2D eigenvalue weighted by Crippen LogP contribution is 2.23. The molecule has 4 heteroatoms. The summed E-state index contributed by atoms with van der Waals surface area (Å²) in [6.45, 7) is 25.1. The van der Waals surface area contributed by atoms with Crippen LogP contribution < -0.4 is 5.32 Å². The molecule has 0 heterocycles. The molecule has 0 bridgehead atoms. The van der Waals surface area contributed by atoms with Crippen molar-refractivity contribution >= 4 is 5.91 Å². The van der Waals surface area contributed by atoms with Crippen LogP contribution in [-0.4, -0.2) is 60.5 Å². The first kappa shape index (κ1) is 25.4. The van der Waals surface area contributed by atoms with Crippen molar-refractivity contribution in [2.75, 3.05) is 32.7 Å². The van der Waals surface area contributed by atoms with Crippen LogP contribution in [0.2, 0.25) is 0 Å². The van der Waals surface area contributed by atoms with E-state index in [4.69, 9.17) is 0 Å². The number of hydrogen-bond acceptors (Lipinski definition) is 3. The van der Waals surface area contributed by atoms with Gasteiger partial charge in [-0.2, -0.15) is 0 Å². The van der Waals surface area contributed by atoms with Crippen molar-refractivity contribution in [3.8, 4) is 0 Å². The van der Waals surface area contributed by atoms with Gasteiger partial charge in [-0.05, 0) is 58.4 Å². The molecule has 0 saturated carbocycles. The summed E-state index contributed by atoms with van der Waals surface area (Å²) in [6, 6.07) is 1.05. The molecular formula is C22H47N3O. The molecular weight excluding hydrogens is 322 g/mol. The Hall–Kier alpha value is -0.610. The first-order chi connectivity index (χ1) is 12.0. The van der Waals surface area contributed by atoms with E-state index in [2.05, 4.69) is 77.4 Å². The quantitative estimate of drug-likeness (QED) is 0.523. The van der Waals surface area contributed by atoms with Crippen molar-refractivity contribution in [2.24, 2.45) is 11.3 Å². The highest BCUT2D eigenvalue weighted by atomic mass is 16.1. The van der Waals surface area contributed by atoms with Crippen LogP contribution in [0.3, 0.4) is 0 Å². The van der Waals surface area contributed by atoms with Crippen LogP contribution in [0.4, 0.5) is 0 Å². The lowest BCUT2D eigenvalue weighted by molar-refractivity contribution is -0.121. The fourth-order valence-corrected chi connectivity index (χ4v) is 3.54. The molecule has 4 nitrogen and oxygen atoms in total. The van der Waals surface area contributed by atoms with Crippen LogP contribution in [0.5, 0.6) is 0 Å². The Kier molecular flexibility index (Phi) is 12.4. The van der Waals surface area contributed by atoms with Crippen molar-refractivity contribution in [3.05, 3.63) is 0 Å². The molecule has 0 aromatic rings. The number of amides is 1. The van der Waals surface area contributed by atoms with Crippen LogP contribution >= 0.6 is 0 Å². The molecule has 0 rings (SSSR count). The molecule has 1 amide bonds. The summed E-state index contributed by atoms with van der Waals surface area (Å²) in [5.74, 6) is 0.708. The normalized spacial score (nSPS) is 13.9. The lowest BCUT2D eigenvalue weighted by Crippen LogP contribution is -2.43. The van der Waals surface area contributed by atoms with Gasteiger partial charge in [-0.3, -0.25) is 14.6 Å². The third kappa shape index (κ3) is 12.7. The first-order valence-electron chi connectivity index (χ1n) is 10.7. The predicted molar refractivity (Wildman–Crippen MR) is 115 cm³/mol. The number of nitrogens with zero attached hydrogens (tertiary/aromatic N) is 2. The van der Waals surface area contributed by atoms with Gasteiger partial charge in [0.25, 0.3) is 0 Å². The zero-order chi connectivity index (χ0) is 20.3. The average molecular weight is 370 g/mol. The molecule has 1 atom stereocenters. The summed E-state index contributed by atoms with van der Waals surface area (Å²) in [4.78, 5) is 17.2. The van der Waals surface area contributed by atoms with Gasteiger partial charge in [-0.1, -0.05) is 34.6 Å². The summed E-state index contributed by atoms with van der Waals surface area (Å²) in [5.41, 5.74) is 0.319.